The Morgan fingerprint density at radius 2 is 1.52 bits per heavy atom. The van der Waals surface area contributed by atoms with E-state index in [9.17, 15) is 17.6 Å². The highest BCUT2D eigenvalue weighted by Gasteiger charge is 2.41. The van der Waals surface area contributed by atoms with E-state index in [4.69, 9.17) is 0 Å². The van der Waals surface area contributed by atoms with E-state index >= 15 is 0 Å². The molecule has 2 aliphatic heterocycles. The van der Waals surface area contributed by atoms with E-state index in [1.54, 1.807) is 6.07 Å². The average molecular weight is 353 g/mol. The van der Waals surface area contributed by atoms with Crippen molar-refractivity contribution in [1.29, 1.82) is 0 Å². The SMILES string of the molecule is Fc1ccc(N2CC3CN(c4cc(C(F)(F)F)ncn4)CC3C2)nc1. The predicted octanol–water partition coefficient (Wildman–Crippen LogP) is 2.60. The van der Waals surface area contributed by atoms with Gasteiger partial charge in [-0.3, -0.25) is 0 Å². The van der Waals surface area contributed by atoms with E-state index in [2.05, 4.69) is 19.9 Å². The summed E-state index contributed by atoms with van der Waals surface area (Å²) in [6.45, 7) is 2.77. The fourth-order valence-electron chi connectivity index (χ4n) is 3.60. The third-order valence-electron chi connectivity index (χ3n) is 4.79. The van der Waals surface area contributed by atoms with Crippen LogP contribution in [0.5, 0.6) is 0 Å². The summed E-state index contributed by atoms with van der Waals surface area (Å²) in [5.74, 6) is 1.29. The summed E-state index contributed by atoms with van der Waals surface area (Å²) in [4.78, 5) is 15.4. The maximum absolute atomic E-state index is 13.0. The van der Waals surface area contributed by atoms with Crippen LogP contribution in [0.1, 0.15) is 5.69 Å². The Bertz CT molecular complexity index is 750. The van der Waals surface area contributed by atoms with Gasteiger partial charge in [-0.25, -0.2) is 19.3 Å². The van der Waals surface area contributed by atoms with Crippen molar-refractivity contribution in [3.63, 3.8) is 0 Å². The molecule has 2 aromatic rings. The Kier molecular flexibility index (Phi) is 3.73. The number of alkyl halides is 3. The van der Waals surface area contributed by atoms with Gasteiger partial charge in [0.05, 0.1) is 6.20 Å². The van der Waals surface area contributed by atoms with Crippen LogP contribution in [0.25, 0.3) is 0 Å². The Balaban J connectivity index is 1.45. The lowest BCUT2D eigenvalue weighted by Crippen LogP contribution is -2.29. The van der Waals surface area contributed by atoms with E-state index in [0.29, 0.717) is 30.7 Å². The summed E-state index contributed by atoms with van der Waals surface area (Å²) in [5.41, 5.74) is -0.924. The van der Waals surface area contributed by atoms with Gasteiger partial charge in [0.2, 0.25) is 0 Å². The number of pyridine rings is 1. The Labute approximate surface area is 141 Å². The Morgan fingerprint density at radius 3 is 2.08 bits per heavy atom. The van der Waals surface area contributed by atoms with Crippen molar-refractivity contribution < 1.29 is 17.6 Å². The zero-order valence-corrected chi connectivity index (χ0v) is 13.1. The smallest absolute Gasteiger partial charge is 0.356 e. The lowest BCUT2D eigenvalue weighted by Gasteiger charge is -2.23. The number of hydrogen-bond acceptors (Lipinski definition) is 5. The molecule has 2 atom stereocenters. The molecule has 2 saturated heterocycles. The zero-order chi connectivity index (χ0) is 17.6. The summed E-state index contributed by atoms with van der Waals surface area (Å²) in [6.07, 6.45) is -2.32. The Hall–Kier alpha value is -2.45. The number of anilines is 2. The van der Waals surface area contributed by atoms with E-state index in [0.717, 1.165) is 31.3 Å². The second-order valence-electron chi connectivity index (χ2n) is 6.42. The molecule has 0 spiro atoms. The largest absolute Gasteiger partial charge is 0.433 e. The normalized spacial score (nSPS) is 23.2. The molecule has 0 N–H and O–H groups in total. The molecule has 2 aromatic heterocycles. The molecule has 0 bridgehead atoms. The van der Waals surface area contributed by atoms with Crippen molar-refractivity contribution in [1.82, 2.24) is 15.0 Å². The van der Waals surface area contributed by atoms with Crippen LogP contribution in [0.4, 0.5) is 29.2 Å². The molecule has 0 amide bonds. The fraction of sp³-hybridized carbons (Fsp3) is 0.438. The number of halogens is 4. The molecule has 132 valence electrons. The minimum Gasteiger partial charge on any atom is -0.356 e. The van der Waals surface area contributed by atoms with Gasteiger partial charge in [0.25, 0.3) is 0 Å². The molecule has 0 radical (unpaired) electrons. The first-order valence-electron chi connectivity index (χ1n) is 7.91. The molecule has 25 heavy (non-hydrogen) atoms. The molecule has 4 rings (SSSR count). The molecule has 0 aromatic carbocycles. The highest BCUT2D eigenvalue weighted by Crippen LogP contribution is 2.36. The standard InChI is InChI=1S/C16H15F4N5/c17-12-1-2-14(21-4-12)24-5-10-7-25(8-11(10)6-24)15-3-13(16(18,19)20)22-9-23-15/h1-4,9-11H,5-8H2. The molecule has 2 fully saturated rings. The van der Waals surface area contributed by atoms with Crippen molar-refractivity contribution in [2.45, 2.75) is 6.18 Å². The van der Waals surface area contributed by atoms with E-state index in [1.165, 1.54) is 12.3 Å². The van der Waals surface area contributed by atoms with Gasteiger partial charge >= 0.3 is 6.18 Å². The van der Waals surface area contributed by atoms with Gasteiger partial charge in [0.1, 0.15) is 29.5 Å². The highest BCUT2D eigenvalue weighted by atomic mass is 19.4. The van der Waals surface area contributed by atoms with E-state index in [1.807, 2.05) is 4.90 Å². The number of rotatable bonds is 2. The van der Waals surface area contributed by atoms with Gasteiger partial charge in [0, 0.05) is 44.1 Å². The van der Waals surface area contributed by atoms with Crippen LogP contribution in [0, 0.1) is 17.7 Å². The predicted molar refractivity (Wildman–Crippen MR) is 82.6 cm³/mol. The number of aromatic nitrogens is 3. The first kappa shape index (κ1) is 16.0. The first-order valence-corrected chi connectivity index (χ1v) is 7.91. The monoisotopic (exact) mass is 353 g/mol. The van der Waals surface area contributed by atoms with Gasteiger partial charge in [-0.1, -0.05) is 0 Å². The van der Waals surface area contributed by atoms with Crippen molar-refractivity contribution >= 4 is 11.6 Å². The molecule has 2 unspecified atom stereocenters. The van der Waals surface area contributed by atoms with Crippen LogP contribution in [-0.2, 0) is 6.18 Å². The number of hydrogen-bond donors (Lipinski definition) is 0. The maximum atomic E-state index is 13.0. The second-order valence-corrected chi connectivity index (χ2v) is 6.42. The van der Waals surface area contributed by atoms with Gasteiger partial charge in [0.15, 0.2) is 0 Å². The zero-order valence-electron chi connectivity index (χ0n) is 13.1. The van der Waals surface area contributed by atoms with Gasteiger partial charge in [-0.05, 0) is 12.1 Å². The molecule has 0 saturated carbocycles. The highest BCUT2D eigenvalue weighted by molar-refractivity contribution is 5.45. The van der Waals surface area contributed by atoms with Crippen LogP contribution in [-0.4, -0.2) is 41.1 Å². The van der Waals surface area contributed by atoms with Crippen LogP contribution in [0.3, 0.4) is 0 Å². The topological polar surface area (TPSA) is 45.2 Å². The molecule has 0 aliphatic carbocycles. The van der Waals surface area contributed by atoms with Gasteiger partial charge in [-0.2, -0.15) is 13.2 Å². The lowest BCUT2D eigenvalue weighted by atomic mass is 10.0. The average Bonchev–Trinajstić information content (AvgIpc) is 3.14. The summed E-state index contributed by atoms with van der Waals surface area (Å²) < 4.78 is 51.4. The van der Waals surface area contributed by atoms with Crippen LogP contribution < -0.4 is 9.80 Å². The quantitative estimate of drug-likeness (QED) is 0.777. The minimum absolute atomic E-state index is 0.309. The molecule has 4 heterocycles. The van der Waals surface area contributed by atoms with Crippen LogP contribution >= 0.6 is 0 Å². The molecule has 9 heteroatoms. The van der Waals surface area contributed by atoms with E-state index < -0.39 is 11.9 Å². The Morgan fingerprint density at radius 1 is 0.880 bits per heavy atom. The summed E-state index contributed by atoms with van der Waals surface area (Å²) in [7, 11) is 0. The number of fused-ring (bicyclic) bond motifs is 1. The molecular formula is C16H15F4N5. The van der Waals surface area contributed by atoms with Crippen LogP contribution in [0.15, 0.2) is 30.7 Å². The first-order chi connectivity index (χ1) is 11.9. The summed E-state index contributed by atoms with van der Waals surface area (Å²) in [6, 6.07) is 4.02. The third-order valence-corrected chi connectivity index (χ3v) is 4.79. The van der Waals surface area contributed by atoms with Crippen molar-refractivity contribution in [3.05, 3.63) is 42.2 Å². The van der Waals surface area contributed by atoms with Crippen molar-refractivity contribution in [3.8, 4) is 0 Å². The van der Waals surface area contributed by atoms with Crippen molar-refractivity contribution in [2.75, 3.05) is 36.0 Å². The minimum atomic E-state index is -4.47. The lowest BCUT2D eigenvalue weighted by molar-refractivity contribution is -0.141. The molecule has 2 aliphatic rings. The van der Waals surface area contributed by atoms with Crippen LogP contribution in [0.2, 0.25) is 0 Å². The summed E-state index contributed by atoms with van der Waals surface area (Å²) in [5, 5.41) is 0. The molecular weight excluding hydrogens is 338 g/mol. The van der Waals surface area contributed by atoms with Gasteiger partial charge < -0.3 is 9.80 Å². The fourth-order valence-corrected chi connectivity index (χ4v) is 3.60. The summed E-state index contributed by atoms with van der Waals surface area (Å²) >= 11 is 0. The molecule has 5 nitrogen and oxygen atoms in total. The maximum Gasteiger partial charge on any atom is 0.433 e. The van der Waals surface area contributed by atoms with Crippen molar-refractivity contribution in [2.24, 2.45) is 11.8 Å². The second kappa shape index (κ2) is 5.82. The third kappa shape index (κ3) is 3.10. The van der Waals surface area contributed by atoms with E-state index in [-0.39, 0.29) is 5.82 Å². The van der Waals surface area contributed by atoms with Gasteiger partial charge in [-0.15, -0.1) is 0 Å². The number of nitrogens with zero attached hydrogens (tertiary/aromatic N) is 5.